The second-order valence-electron chi connectivity index (χ2n) is 14.3. The summed E-state index contributed by atoms with van der Waals surface area (Å²) in [7, 11) is -1.36. The monoisotopic (exact) mass is 850 g/mol. The molecule has 3 aromatic carbocycles. The van der Waals surface area contributed by atoms with Gasteiger partial charge in [0.25, 0.3) is 0 Å². The molecular formula is C44H43IrN3OSi-2. The fourth-order valence-electron chi connectivity index (χ4n) is 7.00. The van der Waals surface area contributed by atoms with Crippen molar-refractivity contribution in [1.29, 1.82) is 0 Å². The van der Waals surface area contributed by atoms with Crippen molar-refractivity contribution in [3.8, 4) is 33.8 Å². The summed E-state index contributed by atoms with van der Waals surface area (Å²) in [6, 6.07) is 39.3. The molecule has 0 unspecified atom stereocenters. The molecule has 255 valence electrons. The molecule has 1 radical (unpaired) electrons. The number of rotatable bonds is 6. The van der Waals surface area contributed by atoms with Crippen molar-refractivity contribution >= 4 is 35.3 Å². The SMILES string of the molecule is C[Si](C)(C)c1cnc(-c2[c-]cccc2)cc1CC1CCCCC1.Cc1ccnc(-c2[c-]ccc3c2oc2nc(-c4ccccc4)ccc23)c1.[Ir]. The van der Waals surface area contributed by atoms with E-state index in [4.69, 9.17) is 14.4 Å². The summed E-state index contributed by atoms with van der Waals surface area (Å²) in [6.07, 6.45) is 12.3. The van der Waals surface area contributed by atoms with Crippen molar-refractivity contribution < 1.29 is 24.5 Å². The Labute approximate surface area is 310 Å². The summed E-state index contributed by atoms with van der Waals surface area (Å²) < 4.78 is 6.16. The number of pyridine rings is 3. The van der Waals surface area contributed by atoms with Crippen molar-refractivity contribution in [3.63, 3.8) is 0 Å². The number of aromatic nitrogens is 3. The summed E-state index contributed by atoms with van der Waals surface area (Å²) in [5, 5.41) is 3.58. The van der Waals surface area contributed by atoms with Crippen LogP contribution in [-0.4, -0.2) is 23.0 Å². The molecule has 1 saturated carbocycles. The quantitative estimate of drug-likeness (QED) is 0.124. The van der Waals surface area contributed by atoms with Crippen LogP contribution < -0.4 is 5.19 Å². The Hall–Kier alpha value is -4.22. The largest absolute Gasteiger partial charge is 0.486 e. The second kappa shape index (κ2) is 15.8. The minimum Gasteiger partial charge on any atom is -0.486 e. The van der Waals surface area contributed by atoms with Gasteiger partial charge in [0.15, 0.2) is 0 Å². The van der Waals surface area contributed by atoms with E-state index in [9.17, 15) is 0 Å². The van der Waals surface area contributed by atoms with Crippen LogP contribution in [0.25, 0.3) is 55.8 Å². The number of hydrogen-bond acceptors (Lipinski definition) is 4. The van der Waals surface area contributed by atoms with Crippen molar-refractivity contribution in [2.24, 2.45) is 5.92 Å². The molecule has 7 aromatic rings. The van der Waals surface area contributed by atoms with E-state index in [0.717, 1.165) is 61.6 Å². The number of benzene rings is 3. The number of aryl methyl sites for hydroxylation is 1. The van der Waals surface area contributed by atoms with Crippen LogP contribution in [0, 0.1) is 25.0 Å². The van der Waals surface area contributed by atoms with Crippen LogP contribution in [0.2, 0.25) is 19.6 Å². The maximum Gasteiger partial charge on any atom is 0.216 e. The number of furan rings is 1. The zero-order chi connectivity index (χ0) is 33.8. The zero-order valence-corrected chi connectivity index (χ0v) is 32.7. The fraction of sp³-hybridized carbons (Fsp3) is 0.250. The zero-order valence-electron chi connectivity index (χ0n) is 29.3. The van der Waals surface area contributed by atoms with E-state index in [1.54, 1.807) is 10.8 Å². The Morgan fingerprint density at radius 2 is 1.56 bits per heavy atom. The van der Waals surface area contributed by atoms with Crippen LogP contribution >= 0.6 is 0 Å². The third kappa shape index (κ3) is 8.05. The number of hydrogen-bond donors (Lipinski definition) is 0. The van der Waals surface area contributed by atoms with E-state index < -0.39 is 8.07 Å². The van der Waals surface area contributed by atoms with Crippen LogP contribution in [0.3, 0.4) is 0 Å². The normalized spacial score (nSPS) is 13.4. The molecule has 0 amide bonds. The van der Waals surface area contributed by atoms with E-state index in [2.05, 4.69) is 74.1 Å². The Kier molecular flexibility index (Phi) is 11.2. The van der Waals surface area contributed by atoms with E-state index in [0.29, 0.717) is 5.71 Å². The molecule has 1 aliphatic rings. The van der Waals surface area contributed by atoms with E-state index in [-0.39, 0.29) is 20.1 Å². The van der Waals surface area contributed by atoms with Crippen LogP contribution in [0.5, 0.6) is 0 Å². The van der Waals surface area contributed by atoms with Gasteiger partial charge in [0.1, 0.15) is 0 Å². The molecule has 0 saturated heterocycles. The third-order valence-corrected chi connectivity index (χ3v) is 11.6. The topological polar surface area (TPSA) is 51.8 Å². The first-order chi connectivity index (χ1) is 23.8. The van der Waals surface area contributed by atoms with Crippen molar-refractivity contribution in [1.82, 2.24) is 15.0 Å². The maximum absolute atomic E-state index is 6.16. The first-order valence-corrected chi connectivity index (χ1v) is 21.0. The Balaban J connectivity index is 0.000000171. The number of fused-ring (bicyclic) bond motifs is 3. The molecule has 1 fully saturated rings. The average Bonchev–Trinajstić information content (AvgIpc) is 3.51. The van der Waals surface area contributed by atoms with Crippen molar-refractivity contribution in [2.75, 3.05) is 0 Å². The van der Waals surface area contributed by atoms with Gasteiger partial charge in [-0.2, -0.15) is 0 Å². The van der Waals surface area contributed by atoms with E-state index in [1.165, 1.54) is 38.5 Å². The molecule has 6 heteroatoms. The molecular weight excluding hydrogens is 807 g/mol. The molecule has 0 aliphatic heterocycles. The summed E-state index contributed by atoms with van der Waals surface area (Å²) in [6.45, 7) is 9.35. The van der Waals surface area contributed by atoms with Gasteiger partial charge in [-0.3, -0.25) is 0 Å². The van der Waals surface area contributed by atoms with Crippen LogP contribution in [0.4, 0.5) is 0 Å². The molecule has 8 rings (SSSR count). The first-order valence-electron chi connectivity index (χ1n) is 17.5. The summed E-state index contributed by atoms with van der Waals surface area (Å²) >= 11 is 0. The van der Waals surface area contributed by atoms with Gasteiger partial charge in [-0.1, -0.05) is 116 Å². The predicted molar refractivity (Wildman–Crippen MR) is 206 cm³/mol. The minimum atomic E-state index is -1.36. The molecule has 0 spiro atoms. The minimum absolute atomic E-state index is 0. The van der Waals surface area contributed by atoms with Crippen LogP contribution in [0.1, 0.15) is 43.2 Å². The molecule has 4 heterocycles. The van der Waals surface area contributed by atoms with Crippen molar-refractivity contribution in [2.45, 2.75) is 65.1 Å². The van der Waals surface area contributed by atoms with Gasteiger partial charge >= 0.3 is 0 Å². The van der Waals surface area contributed by atoms with Gasteiger partial charge in [0.05, 0.1) is 19.4 Å². The third-order valence-electron chi connectivity index (χ3n) is 9.56. The molecule has 50 heavy (non-hydrogen) atoms. The maximum atomic E-state index is 6.16. The Morgan fingerprint density at radius 3 is 2.30 bits per heavy atom. The number of nitrogens with zero attached hydrogens (tertiary/aromatic N) is 3. The summed E-state index contributed by atoms with van der Waals surface area (Å²) in [5.41, 5.74) is 10.0. The Bertz CT molecular complexity index is 2190. The van der Waals surface area contributed by atoms with Gasteiger partial charge in [-0.25, -0.2) is 4.98 Å². The standard InChI is InChI=1S/C23H15N2O.C21H28NSi.Ir/c1-15-12-13-24-21(14-15)19-9-5-8-17-18-10-11-20(16-6-3-2-4-7-16)25-23(18)26-22(17)19;1-23(2,3)21-16-22-20(18-12-8-5-9-13-18)15-19(21)14-17-10-6-4-7-11-17;/h2-8,10-14H,1H3;5,8-9,12,15-17H,4,6-7,10-11,14H2,1-3H3;/q2*-1;. The predicted octanol–water partition coefficient (Wildman–Crippen LogP) is 11.0. The second-order valence-corrected chi connectivity index (χ2v) is 19.3. The van der Waals surface area contributed by atoms with Gasteiger partial charge < -0.3 is 14.4 Å². The first kappa shape index (κ1) is 35.6. The van der Waals surface area contributed by atoms with Crippen LogP contribution in [0.15, 0.2) is 114 Å². The average molecular weight is 850 g/mol. The summed E-state index contributed by atoms with van der Waals surface area (Å²) in [4.78, 5) is 14.0. The molecule has 0 N–H and O–H groups in total. The Morgan fingerprint density at radius 1 is 0.760 bits per heavy atom. The van der Waals surface area contributed by atoms with Gasteiger partial charge in [-0.15, -0.1) is 54.1 Å². The summed E-state index contributed by atoms with van der Waals surface area (Å²) in [5.74, 6) is 0.869. The molecule has 4 aromatic heterocycles. The van der Waals surface area contributed by atoms with E-state index >= 15 is 0 Å². The van der Waals surface area contributed by atoms with Crippen LogP contribution in [-0.2, 0) is 26.5 Å². The molecule has 4 nitrogen and oxygen atoms in total. The fourth-order valence-corrected chi connectivity index (χ4v) is 8.59. The smallest absolute Gasteiger partial charge is 0.216 e. The molecule has 0 atom stereocenters. The van der Waals surface area contributed by atoms with Gasteiger partial charge in [-0.05, 0) is 54.0 Å². The van der Waals surface area contributed by atoms with E-state index in [1.807, 2.05) is 79.0 Å². The van der Waals surface area contributed by atoms with Crippen molar-refractivity contribution in [3.05, 3.63) is 133 Å². The molecule has 1 aliphatic carbocycles. The van der Waals surface area contributed by atoms with Gasteiger partial charge in [0.2, 0.25) is 5.71 Å². The van der Waals surface area contributed by atoms with Gasteiger partial charge in [0, 0.05) is 43.4 Å². The molecule has 0 bridgehead atoms.